The number of fused-ring (bicyclic) bond motifs is 1. The van der Waals surface area contributed by atoms with Crippen LogP contribution in [0, 0.1) is 0 Å². The van der Waals surface area contributed by atoms with Crippen LogP contribution in [0.15, 0.2) is 22.7 Å². The van der Waals surface area contributed by atoms with Crippen LogP contribution in [0.3, 0.4) is 0 Å². The van der Waals surface area contributed by atoms with Gasteiger partial charge in [-0.15, -0.1) is 0 Å². The number of anilines is 1. The summed E-state index contributed by atoms with van der Waals surface area (Å²) in [5, 5.41) is 9.35. The molecule has 0 aliphatic rings. The lowest BCUT2D eigenvalue weighted by Crippen LogP contribution is -2.32. The molecule has 0 aliphatic heterocycles. The minimum atomic E-state index is -1.06. The fourth-order valence-corrected chi connectivity index (χ4v) is 1.44. The third-order valence-electron chi connectivity index (χ3n) is 2.27. The Balaban J connectivity index is 2.33. The molecule has 6 nitrogen and oxygen atoms in total. The summed E-state index contributed by atoms with van der Waals surface area (Å²) < 4.78 is 5.41. The highest BCUT2D eigenvalue weighted by Gasteiger charge is 2.15. The lowest BCUT2D eigenvalue weighted by atomic mass is 10.2. The summed E-state index contributed by atoms with van der Waals surface area (Å²) >= 11 is 0. The minimum absolute atomic E-state index is 0.128. The number of nitrogens with zero attached hydrogens (tertiary/aromatic N) is 1. The monoisotopic (exact) mass is 221 g/mol. The van der Waals surface area contributed by atoms with Crippen LogP contribution in [0.25, 0.3) is 11.0 Å². The van der Waals surface area contributed by atoms with Crippen LogP contribution >= 0.6 is 0 Å². The lowest BCUT2D eigenvalue weighted by molar-refractivity contribution is -0.138. The van der Waals surface area contributed by atoms with Crippen molar-refractivity contribution in [1.29, 1.82) is 0 Å². The van der Waals surface area contributed by atoms with E-state index in [2.05, 4.69) is 4.98 Å². The number of rotatable bonds is 3. The Bertz CT molecular complexity index is 535. The van der Waals surface area contributed by atoms with Gasteiger partial charge in [-0.3, -0.25) is 4.79 Å². The van der Waals surface area contributed by atoms with E-state index in [4.69, 9.17) is 21.0 Å². The lowest BCUT2D eigenvalue weighted by Gasteiger charge is -2.01. The number of carbonyl (C=O) groups is 1. The first-order valence-corrected chi connectivity index (χ1v) is 4.69. The number of pyridine rings is 1. The number of carboxylic acid groups (broad SMARTS) is 1. The molecule has 1 atom stereocenters. The Labute approximate surface area is 90.9 Å². The predicted molar refractivity (Wildman–Crippen MR) is 57.7 cm³/mol. The fourth-order valence-electron chi connectivity index (χ4n) is 1.44. The van der Waals surface area contributed by atoms with Crippen molar-refractivity contribution >= 4 is 22.8 Å². The zero-order valence-electron chi connectivity index (χ0n) is 8.38. The zero-order valence-corrected chi connectivity index (χ0v) is 8.38. The number of aromatic nitrogens is 1. The molecule has 0 radical (unpaired) electrons. The Kier molecular flexibility index (Phi) is 2.49. The maximum absolute atomic E-state index is 10.6. The summed E-state index contributed by atoms with van der Waals surface area (Å²) in [6, 6.07) is 2.36. The molecule has 0 unspecified atom stereocenters. The van der Waals surface area contributed by atoms with Gasteiger partial charge in [0.1, 0.15) is 23.2 Å². The predicted octanol–water partition coefficient (Wildman–Crippen LogP) is 0.364. The summed E-state index contributed by atoms with van der Waals surface area (Å²) in [4.78, 5) is 14.5. The average Bonchev–Trinajstić information content (AvgIpc) is 2.61. The highest BCUT2D eigenvalue weighted by molar-refractivity contribution is 5.87. The molecule has 0 amide bonds. The summed E-state index contributed by atoms with van der Waals surface area (Å²) in [5.41, 5.74) is 11.6. The van der Waals surface area contributed by atoms with Crippen molar-refractivity contribution in [2.24, 2.45) is 5.73 Å². The molecule has 16 heavy (non-hydrogen) atoms. The summed E-state index contributed by atoms with van der Waals surface area (Å²) in [6.07, 6.45) is 1.66. The van der Waals surface area contributed by atoms with Gasteiger partial charge >= 0.3 is 5.97 Å². The van der Waals surface area contributed by atoms with E-state index in [1.54, 1.807) is 12.1 Å². The quantitative estimate of drug-likeness (QED) is 0.689. The molecule has 0 saturated heterocycles. The molecule has 0 aromatic carbocycles. The number of hydrogen-bond acceptors (Lipinski definition) is 5. The van der Waals surface area contributed by atoms with E-state index in [-0.39, 0.29) is 6.42 Å². The molecule has 6 heteroatoms. The van der Waals surface area contributed by atoms with Gasteiger partial charge in [0.05, 0.1) is 5.39 Å². The Morgan fingerprint density at radius 1 is 1.62 bits per heavy atom. The second-order valence-corrected chi connectivity index (χ2v) is 3.47. The van der Waals surface area contributed by atoms with E-state index < -0.39 is 12.0 Å². The molecule has 84 valence electrons. The second kappa shape index (κ2) is 3.82. The first-order valence-electron chi connectivity index (χ1n) is 4.69. The standard InChI is InChI=1S/C10H11N3O3/c11-7(10(14)15)4-5-3-6-8(16-5)1-2-13-9(6)12/h1-3,7H,4,11H2,(H2,12,13)(H,14,15)/t7-/m0/s1. The molecule has 0 bridgehead atoms. The normalized spacial score (nSPS) is 12.8. The van der Waals surface area contributed by atoms with E-state index in [1.807, 2.05) is 0 Å². The van der Waals surface area contributed by atoms with Gasteiger partial charge in [-0.25, -0.2) is 4.98 Å². The molecular weight excluding hydrogens is 210 g/mol. The van der Waals surface area contributed by atoms with Crippen molar-refractivity contribution < 1.29 is 14.3 Å². The smallest absolute Gasteiger partial charge is 0.320 e. The van der Waals surface area contributed by atoms with E-state index >= 15 is 0 Å². The number of aliphatic carboxylic acids is 1. The van der Waals surface area contributed by atoms with E-state index in [0.717, 1.165) is 0 Å². The highest BCUT2D eigenvalue weighted by Crippen LogP contribution is 2.23. The number of nitrogens with two attached hydrogens (primary N) is 2. The number of hydrogen-bond donors (Lipinski definition) is 3. The SMILES string of the molecule is Nc1nccc2oc(C[C@H](N)C(=O)O)cc12. The molecule has 0 saturated carbocycles. The van der Waals surface area contributed by atoms with Crippen molar-refractivity contribution in [2.75, 3.05) is 5.73 Å². The summed E-state index contributed by atoms with van der Waals surface area (Å²) in [6.45, 7) is 0. The van der Waals surface area contributed by atoms with Crippen LogP contribution < -0.4 is 11.5 Å². The number of carboxylic acids is 1. The Hall–Kier alpha value is -2.08. The van der Waals surface area contributed by atoms with Gasteiger partial charge in [0, 0.05) is 12.6 Å². The number of nitrogen functional groups attached to an aromatic ring is 1. The third-order valence-corrected chi connectivity index (χ3v) is 2.27. The molecule has 2 aromatic heterocycles. The van der Waals surface area contributed by atoms with Crippen LogP contribution in [0.1, 0.15) is 5.76 Å². The van der Waals surface area contributed by atoms with E-state index in [9.17, 15) is 4.79 Å². The van der Waals surface area contributed by atoms with Crippen molar-refractivity contribution in [3.63, 3.8) is 0 Å². The van der Waals surface area contributed by atoms with Gasteiger partial charge in [-0.05, 0) is 12.1 Å². The zero-order chi connectivity index (χ0) is 11.7. The summed E-state index contributed by atoms with van der Waals surface area (Å²) in [7, 11) is 0. The van der Waals surface area contributed by atoms with Gasteiger partial charge in [-0.1, -0.05) is 0 Å². The maximum Gasteiger partial charge on any atom is 0.320 e. The first-order chi connectivity index (χ1) is 7.58. The van der Waals surface area contributed by atoms with Crippen LogP contribution in [-0.2, 0) is 11.2 Å². The molecule has 2 aromatic rings. The van der Waals surface area contributed by atoms with Crippen molar-refractivity contribution in [2.45, 2.75) is 12.5 Å². The molecular formula is C10H11N3O3. The van der Waals surface area contributed by atoms with Crippen molar-refractivity contribution in [1.82, 2.24) is 4.98 Å². The molecule has 0 spiro atoms. The maximum atomic E-state index is 10.6. The molecule has 5 N–H and O–H groups in total. The van der Waals surface area contributed by atoms with Crippen molar-refractivity contribution in [3.05, 3.63) is 24.1 Å². The average molecular weight is 221 g/mol. The van der Waals surface area contributed by atoms with Gasteiger partial charge in [0.2, 0.25) is 0 Å². The van der Waals surface area contributed by atoms with Gasteiger partial charge in [0.25, 0.3) is 0 Å². The largest absolute Gasteiger partial charge is 0.480 e. The van der Waals surface area contributed by atoms with Crippen LogP contribution in [-0.4, -0.2) is 22.1 Å². The number of furan rings is 1. The topological polar surface area (TPSA) is 115 Å². The Morgan fingerprint density at radius 2 is 2.38 bits per heavy atom. The van der Waals surface area contributed by atoms with Crippen LogP contribution in [0.5, 0.6) is 0 Å². The molecule has 0 aliphatic carbocycles. The minimum Gasteiger partial charge on any atom is -0.480 e. The fraction of sp³-hybridized carbons (Fsp3) is 0.200. The third kappa shape index (κ3) is 1.82. The first kappa shape index (κ1) is 10.4. The van der Waals surface area contributed by atoms with Crippen LogP contribution in [0.4, 0.5) is 5.82 Å². The highest BCUT2D eigenvalue weighted by atomic mass is 16.4. The van der Waals surface area contributed by atoms with E-state index in [1.165, 1.54) is 6.20 Å². The molecule has 2 heterocycles. The van der Waals surface area contributed by atoms with E-state index in [0.29, 0.717) is 22.5 Å². The van der Waals surface area contributed by atoms with Gasteiger partial charge in [0.15, 0.2) is 0 Å². The molecule has 2 rings (SSSR count). The van der Waals surface area contributed by atoms with Gasteiger partial charge < -0.3 is 21.0 Å². The molecule has 0 fully saturated rings. The Morgan fingerprint density at radius 3 is 3.00 bits per heavy atom. The van der Waals surface area contributed by atoms with Crippen molar-refractivity contribution in [3.8, 4) is 0 Å². The second-order valence-electron chi connectivity index (χ2n) is 3.47. The van der Waals surface area contributed by atoms with Crippen LogP contribution in [0.2, 0.25) is 0 Å². The van der Waals surface area contributed by atoms with Gasteiger partial charge in [-0.2, -0.15) is 0 Å². The summed E-state index contributed by atoms with van der Waals surface area (Å²) in [5.74, 6) is -0.215.